The number of fused-ring (bicyclic) bond motifs is 1. The van der Waals surface area contributed by atoms with Crippen LogP contribution in [0.4, 0.5) is 0 Å². The fourth-order valence-electron chi connectivity index (χ4n) is 3.05. The summed E-state index contributed by atoms with van der Waals surface area (Å²) in [7, 11) is 0. The van der Waals surface area contributed by atoms with Crippen LogP contribution < -0.4 is 0 Å². The highest BCUT2D eigenvalue weighted by atomic mass is 32.2. The number of hydrogen-bond donors (Lipinski definition) is 0. The third-order valence-corrected chi connectivity index (χ3v) is 5.34. The number of aryl methyl sites for hydroxylation is 1. The molecule has 0 aliphatic rings. The van der Waals surface area contributed by atoms with E-state index in [1.807, 2.05) is 66.2 Å². The average Bonchev–Trinajstić information content (AvgIpc) is 3.44. The van der Waals surface area contributed by atoms with Crippen LogP contribution in [0.5, 0.6) is 0 Å². The van der Waals surface area contributed by atoms with Crippen LogP contribution in [-0.2, 0) is 5.75 Å². The van der Waals surface area contributed by atoms with E-state index < -0.39 is 0 Å². The molecule has 0 aliphatic carbocycles. The van der Waals surface area contributed by atoms with Gasteiger partial charge >= 0.3 is 0 Å². The lowest BCUT2D eigenvalue weighted by Crippen LogP contribution is -1.99. The number of hydrogen-bond acceptors (Lipinski definition) is 6. The molecule has 4 heterocycles. The molecule has 0 amide bonds. The maximum Gasteiger partial charge on any atom is 0.233 e. The molecule has 1 aromatic carbocycles. The number of imidazole rings is 1. The first-order chi connectivity index (χ1) is 13.8. The van der Waals surface area contributed by atoms with Crippen LogP contribution in [0.3, 0.4) is 0 Å². The normalized spacial score (nSPS) is 11.3. The Balaban J connectivity index is 1.52. The van der Waals surface area contributed by atoms with Crippen LogP contribution in [0.2, 0.25) is 0 Å². The third-order valence-electron chi connectivity index (χ3n) is 4.38. The zero-order chi connectivity index (χ0) is 18.9. The maximum atomic E-state index is 5.47. The predicted octanol–water partition coefficient (Wildman–Crippen LogP) is 4.17. The number of furan rings is 1. The molecule has 0 saturated heterocycles. The fourth-order valence-corrected chi connectivity index (χ4v) is 3.89. The Morgan fingerprint density at radius 1 is 1.07 bits per heavy atom. The Labute approximate surface area is 165 Å². The topological polar surface area (TPSA) is 74.0 Å². The van der Waals surface area contributed by atoms with Crippen molar-refractivity contribution in [1.82, 2.24) is 29.1 Å². The highest BCUT2D eigenvalue weighted by Gasteiger charge is 2.19. The molecule has 138 valence electrons. The van der Waals surface area contributed by atoms with Gasteiger partial charge in [-0.2, -0.15) is 0 Å². The summed E-state index contributed by atoms with van der Waals surface area (Å²) in [6.45, 7) is 1.93. The van der Waals surface area contributed by atoms with Crippen molar-refractivity contribution >= 4 is 17.5 Å². The molecule has 0 spiro atoms. The highest BCUT2D eigenvalue weighted by molar-refractivity contribution is 7.98. The van der Waals surface area contributed by atoms with Gasteiger partial charge in [0, 0.05) is 30.0 Å². The van der Waals surface area contributed by atoms with E-state index in [1.165, 1.54) is 0 Å². The first kappa shape index (κ1) is 16.8. The van der Waals surface area contributed by atoms with Gasteiger partial charge < -0.3 is 4.42 Å². The first-order valence-corrected chi connectivity index (χ1v) is 9.75. The van der Waals surface area contributed by atoms with Crippen molar-refractivity contribution in [3.8, 4) is 17.1 Å². The van der Waals surface area contributed by atoms with Crippen molar-refractivity contribution in [1.29, 1.82) is 0 Å². The number of para-hydroxylation sites is 1. The summed E-state index contributed by atoms with van der Waals surface area (Å²) in [5.41, 5.74) is 2.87. The van der Waals surface area contributed by atoms with Crippen molar-refractivity contribution in [2.45, 2.75) is 17.8 Å². The zero-order valence-corrected chi connectivity index (χ0v) is 15.9. The third kappa shape index (κ3) is 2.97. The van der Waals surface area contributed by atoms with E-state index in [4.69, 9.17) is 4.42 Å². The van der Waals surface area contributed by atoms with E-state index in [-0.39, 0.29) is 0 Å². The summed E-state index contributed by atoms with van der Waals surface area (Å²) in [5, 5.41) is 9.69. The Kier molecular flexibility index (Phi) is 4.17. The van der Waals surface area contributed by atoms with Gasteiger partial charge in [0.25, 0.3) is 0 Å². The van der Waals surface area contributed by atoms with Crippen LogP contribution in [0, 0.1) is 6.92 Å². The van der Waals surface area contributed by atoms with E-state index in [0.717, 1.165) is 33.7 Å². The molecular weight excluding hydrogens is 372 g/mol. The lowest BCUT2D eigenvalue weighted by Gasteiger charge is -2.09. The van der Waals surface area contributed by atoms with Gasteiger partial charge in [0.05, 0.1) is 17.5 Å². The van der Waals surface area contributed by atoms with Gasteiger partial charge in [-0.1, -0.05) is 30.0 Å². The van der Waals surface area contributed by atoms with E-state index in [2.05, 4.69) is 24.7 Å². The summed E-state index contributed by atoms with van der Waals surface area (Å²) in [4.78, 5) is 8.83. The molecule has 8 heteroatoms. The summed E-state index contributed by atoms with van der Waals surface area (Å²) >= 11 is 1.59. The largest absolute Gasteiger partial charge is 0.469 e. The fraction of sp³-hybridized carbons (Fsp3) is 0.100. The number of rotatable bonds is 5. The Bertz CT molecular complexity index is 1210. The number of nitrogens with zero attached hydrogens (tertiary/aromatic N) is 6. The number of thioether (sulfide) groups is 1. The van der Waals surface area contributed by atoms with Gasteiger partial charge in [-0.25, -0.2) is 9.97 Å². The lowest BCUT2D eigenvalue weighted by molar-refractivity contribution is 0.535. The van der Waals surface area contributed by atoms with Crippen molar-refractivity contribution in [2.24, 2.45) is 0 Å². The summed E-state index contributed by atoms with van der Waals surface area (Å²) in [5.74, 6) is 2.93. The summed E-state index contributed by atoms with van der Waals surface area (Å²) in [6, 6.07) is 13.9. The number of benzene rings is 1. The second-order valence-electron chi connectivity index (χ2n) is 6.22. The first-order valence-electron chi connectivity index (χ1n) is 8.76. The van der Waals surface area contributed by atoms with Crippen LogP contribution in [0.25, 0.3) is 22.9 Å². The van der Waals surface area contributed by atoms with E-state index >= 15 is 0 Å². The second kappa shape index (κ2) is 6.97. The molecule has 0 aliphatic heterocycles. The van der Waals surface area contributed by atoms with Gasteiger partial charge in [-0.15, -0.1) is 10.2 Å². The van der Waals surface area contributed by atoms with Gasteiger partial charge in [-0.3, -0.25) is 8.97 Å². The van der Waals surface area contributed by atoms with Gasteiger partial charge in [0.15, 0.2) is 11.0 Å². The minimum atomic E-state index is 0.665. The Morgan fingerprint density at radius 3 is 2.75 bits per heavy atom. The molecule has 0 fully saturated rings. The van der Waals surface area contributed by atoms with Gasteiger partial charge in [-0.05, 0) is 31.2 Å². The molecule has 0 atom stereocenters. The Morgan fingerprint density at radius 2 is 1.96 bits per heavy atom. The van der Waals surface area contributed by atoms with Crippen LogP contribution in [-0.4, -0.2) is 29.1 Å². The molecule has 7 nitrogen and oxygen atoms in total. The van der Waals surface area contributed by atoms with Crippen molar-refractivity contribution in [3.63, 3.8) is 0 Å². The van der Waals surface area contributed by atoms with Crippen LogP contribution >= 0.6 is 11.8 Å². The zero-order valence-electron chi connectivity index (χ0n) is 15.1. The number of aromatic nitrogens is 6. The molecular formula is C20H16N6OS. The Hall–Kier alpha value is -3.39. The quantitative estimate of drug-likeness (QED) is 0.421. The molecule has 5 rings (SSSR count). The minimum absolute atomic E-state index is 0.665. The summed E-state index contributed by atoms with van der Waals surface area (Å²) in [6.07, 6.45) is 7.34. The minimum Gasteiger partial charge on any atom is -0.469 e. The predicted molar refractivity (Wildman–Crippen MR) is 106 cm³/mol. The van der Waals surface area contributed by atoms with Gasteiger partial charge in [0.2, 0.25) is 5.78 Å². The SMILES string of the molecule is Cc1occc1-c1nnc(SCc2cn3cccnc3n2)n1-c1ccccc1. The molecule has 0 saturated carbocycles. The molecule has 5 aromatic rings. The van der Waals surface area contributed by atoms with Crippen LogP contribution in [0.1, 0.15) is 11.5 Å². The van der Waals surface area contributed by atoms with E-state index in [1.54, 1.807) is 24.2 Å². The molecule has 0 bridgehead atoms. The molecule has 4 aromatic heterocycles. The van der Waals surface area contributed by atoms with E-state index in [0.29, 0.717) is 11.5 Å². The second-order valence-corrected chi connectivity index (χ2v) is 7.16. The monoisotopic (exact) mass is 388 g/mol. The van der Waals surface area contributed by atoms with Gasteiger partial charge in [0.1, 0.15) is 5.76 Å². The smallest absolute Gasteiger partial charge is 0.233 e. The highest BCUT2D eigenvalue weighted by Crippen LogP contribution is 2.31. The van der Waals surface area contributed by atoms with Crippen molar-refractivity contribution < 1.29 is 4.42 Å². The maximum absolute atomic E-state index is 5.47. The standard InChI is InChI=1S/C20H16N6OS/c1-14-17(8-11-27-14)18-23-24-20(26(18)16-6-3-2-4-7-16)28-13-15-12-25-10-5-9-21-19(25)22-15/h2-12H,13H2,1H3. The lowest BCUT2D eigenvalue weighted by atomic mass is 10.2. The summed E-state index contributed by atoms with van der Waals surface area (Å²) < 4.78 is 9.44. The molecule has 0 radical (unpaired) electrons. The molecule has 0 N–H and O–H groups in total. The van der Waals surface area contributed by atoms with E-state index in [9.17, 15) is 0 Å². The molecule has 0 unspecified atom stereocenters. The molecule has 28 heavy (non-hydrogen) atoms. The van der Waals surface area contributed by atoms with Crippen LogP contribution in [0.15, 0.2) is 76.9 Å². The average molecular weight is 388 g/mol. The van der Waals surface area contributed by atoms with Crippen molar-refractivity contribution in [2.75, 3.05) is 0 Å². The van der Waals surface area contributed by atoms with Crippen molar-refractivity contribution in [3.05, 3.63) is 78.8 Å².